The Labute approximate surface area is 124 Å². The molecule has 1 aromatic carbocycles. The van der Waals surface area contributed by atoms with Crippen LogP contribution in [0, 0.1) is 12.7 Å². The molecule has 0 aliphatic heterocycles. The quantitative estimate of drug-likeness (QED) is 0.881. The molecule has 114 valence electrons. The molecule has 1 N–H and O–H groups in total. The lowest BCUT2D eigenvalue weighted by Gasteiger charge is -2.18. The minimum Gasteiger partial charge on any atom is -0.436 e. The van der Waals surface area contributed by atoms with Crippen LogP contribution in [0.2, 0.25) is 0 Å². The van der Waals surface area contributed by atoms with Crippen LogP contribution in [0.15, 0.2) is 24.3 Å². The average Bonchev–Trinajstić information content (AvgIpc) is 2.76. The number of ether oxygens (including phenoxy) is 1. The number of rotatable bonds is 6. The molecule has 1 atom stereocenters. The molecule has 0 aliphatic rings. The number of aryl methyl sites for hydroxylation is 2. The SMILES string of the molecule is CCCNC(C)c1cccc(F)c1Oc1cc(C)nn1C. The van der Waals surface area contributed by atoms with Crippen LogP contribution < -0.4 is 10.1 Å². The highest BCUT2D eigenvalue weighted by atomic mass is 19.1. The molecule has 0 saturated heterocycles. The smallest absolute Gasteiger partial charge is 0.217 e. The van der Waals surface area contributed by atoms with Crippen molar-refractivity contribution in [1.82, 2.24) is 15.1 Å². The van der Waals surface area contributed by atoms with Crippen LogP contribution >= 0.6 is 0 Å². The Morgan fingerprint density at radius 1 is 1.43 bits per heavy atom. The molecule has 4 nitrogen and oxygen atoms in total. The molecule has 0 fully saturated rings. The molecule has 1 unspecified atom stereocenters. The summed E-state index contributed by atoms with van der Waals surface area (Å²) in [7, 11) is 1.78. The van der Waals surface area contributed by atoms with Gasteiger partial charge in [-0.3, -0.25) is 0 Å². The van der Waals surface area contributed by atoms with Crippen LogP contribution in [-0.2, 0) is 7.05 Å². The molecule has 1 heterocycles. The molecule has 5 heteroatoms. The predicted octanol–water partition coefficient (Wildman–Crippen LogP) is 3.72. The molecule has 1 aromatic heterocycles. The lowest BCUT2D eigenvalue weighted by Crippen LogP contribution is -2.20. The third-order valence-electron chi connectivity index (χ3n) is 3.33. The summed E-state index contributed by atoms with van der Waals surface area (Å²) in [4.78, 5) is 0. The lowest BCUT2D eigenvalue weighted by atomic mass is 10.1. The second kappa shape index (κ2) is 6.72. The summed E-state index contributed by atoms with van der Waals surface area (Å²) in [6, 6.07) is 6.81. The Balaban J connectivity index is 2.31. The van der Waals surface area contributed by atoms with Crippen molar-refractivity contribution in [3.05, 3.63) is 41.3 Å². The largest absolute Gasteiger partial charge is 0.436 e. The summed E-state index contributed by atoms with van der Waals surface area (Å²) in [5.74, 6) is 0.426. The molecule has 0 saturated carbocycles. The predicted molar refractivity (Wildman–Crippen MR) is 81.1 cm³/mol. The van der Waals surface area contributed by atoms with Crippen LogP contribution in [0.5, 0.6) is 11.6 Å². The van der Waals surface area contributed by atoms with Gasteiger partial charge in [-0.05, 0) is 32.9 Å². The molecule has 0 amide bonds. The second-order valence-electron chi connectivity index (χ2n) is 5.18. The van der Waals surface area contributed by atoms with Gasteiger partial charge in [0.15, 0.2) is 11.6 Å². The van der Waals surface area contributed by atoms with E-state index in [1.807, 2.05) is 19.9 Å². The number of halogens is 1. The second-order valence-corrected chi connectivity index (χ2v) is 5.18. The Kier molecular flexibility index (Phi) is 4.96. The standard InChI is InChI=1S/C16H22FN3O/c1-5-9-18-12(3)13-7-6-8-14(17)16(13)21-15-10-11(2)19-20(15)4/h6-8,10,12,18H,5,9H2,1-4H3. The van der Waals surface area contributed by atoms with Crippen molar-refractivity contribution in [2.45, 2.75) is 33.2 Å². The molecular weight excluding hydrogens is 269 g/mol. The highest BCUT2D eigenvalue weighted by Crippen LogP contribution is 2.32. The number of para-hydroxylation sites is 1. The van der Waals surface area contributed by atoms with Gasteiger partial charge < -0.3 is 10.1 Å². The molecule has 0 bridgehead atoms. The van der Waals surface area contributed by atoms with E-state index in [-0.39, 0.29) is 17.6 Å². The monoisotopic (exact) mass is 291 g/mol. The van der Waals surface area contributed by atoms with Gasteiger partial charge in [0.25, 0.3) is 0 Å². The zero-order chi connectivity index (χ0) is 15.4. The Hall–Kier alpha value is -1.88. The summed E-state index contributed by atoms with van der Waals surface area (Å²) in [6.45, 7) is 6.86. The van der Waals surface area contributed by atoms with E-state index in [0.29, 0.717) is 5.88 Å². The third kappa shape index (κ3) is 3.61. The summed E-state index contributed by atoms with van der Waals surface area (Å²) >= 11 is 0. The molecule has 0 aliphatic carbocycles. The Morgan fingerprint density at radius 2 is 2.19 bits per heavy atom. The van der Waals surface area contributed by atoms with Crippen LogP contribution in [0.25, 0.3) is 0 Å². The van der Waals surface area contributed by atoms with Gasteiger partial charge in [-0.25, -0.2) is 9.07 Å². The normalized spacial score (nSPS) is 12.4. The van der Waals surface area contributed by atoms with E-state index < -0.39 is 0 Å². The van der Waals surface area contributed by atoms with E-state index in [4.69, 9.17) is 4.74 Å². The zero-order valence-corrected chi connectivity index (χ0v) is 13.0. The van der Waals surface area contributed by atoms with E-state index in [1.165, 1.54) is 6.07 Å². The summed E-state index contributed by atoms with van der Waals surface area (Å²) < 4.78 is 21.6. The van der Waals surface area contributed by atoms with Crippen LogP contribution in [-0.4, -0.2) is 16.3 Å². The van der Waals surface area contributed by atoms with Gasteiger partial charge in [0.1, 0.15) is 0 Å². The van der Waals surface area contributed by atoms with Crippen molar-refractivity contribution < 1.29 is 9.13 Å². The van der Waals surface area contributed by atoms with Gasteiger partial charge in [-0.2, -0.15) is 5.10 Å². The maximum absolute atomic E-state index is 14.2. The molecule has 2 rings (SSSR count). The fourth-order valence-electron chi connectivity index (χ4n) is 2.23. The van der Waals surface area contributed by atoms with Gasteiger partial charge in [0.2, 0.25) is 5.88 Å². The fraction of sp³-hybridized carbons (Fsp3) is 0.438. The van der Waals surface area contributed by atoms with Gasteiger partial charge in [-0.1, -0.05) is 19.1 Å². The number of benzene rings is 1. The van der Waals surface area contributed by atoms with Crippen LogP contribution in [0.1, 0.15) is 37.6 Å². The zero-order valence-electron chi connectivity index (χ0n) is 13.0. The molecule has 21 heavy (non-hydrogen) atoms. The topological polar surface area (TPSA) is 39.1 Å². The van der Waals surface area contributed by atoms with E-state index in [0.717, 1.165) is 24.2 Å². The highest BCUT2D eigenvalue weighted by molar-refractivity contribution is 5.39. The first-order valence-corrected chi connectivity index (χ1v) is 7.23. The number of aromatic nitrogens is 2. The highest BCUT2D eigenvalue weighted by Gasteiger charge is 2.17. The van der Waals surface area contributed by atoms with Crippen molar-refractivity contribution in [3.63, 3.8) is 0 Å². The Morgan fingerprint density at radius 3 is 2.81 bits per heavy atom. The fourth-order valence-corrected chi connectivity index (χ4v) is 2.23. The van der Waals surface area contributed by atoms with Gasteiger partial charge in [0, 0.05) is 24.7 Å². The minimum atomic E-state index is -0.364. The van der Waals surface area contributed by atoms with Crippen molar-refractivity contribution in [2.24, 2.45) is 7.05 Å². The van der Waals surface area contributed by atoms with Crippen molar-refractivity contribution >= 4 is 0 Å². The number of hydrogen-bond donors (Lipinski definition) is 1. The van der Waals surface area contributed by atoms with Gasteiger partial charge in [0.05, 0.1) is 5.69 Å². The van der Waals surface area contributed by atoms with E-state index >= 15 is 0 Å². The number of nitrogens with one attached hydrogen (secondary N) is 1. The van der Waals surface area contributed by atoms with Crippen molar-refractivity contribution in [3.8, 4) is 11.6 Å². The maximum atomic E-state index is 14.2. The van der Waals surface area contributed by atoms with Gasteiger partial charge in [-0.15, -0.1) is 0 Å². The molecule has 2 aromatic rings. The van der Waals surface area contributed by atoms with Crippen LogP contribution in [0.4, 0.5) is 4.39 Å². The first kappa shape index (κ1) is 15.5. The van der Waals surface area contributed by atoms with Crippen LogP contribution in [0.3, 0.4) is 0 Å². The molecule has 0 spiro atoms. The number of nitrogens with zero attached hydrogens (tertiary/aromatic N) is 2. The summed E-state index contributed by atoms with van der Waals surface area (Å²) in [6.07, 6.45) is 1.02. The first-order valence-electron chi connectivity index (χ1n) is 7.23. The Bertz CT molecular complexity index is 610. The molecular formula is C16H22FN3O. The van der Waals surface area contributed by atoms with E-state index in [1.54, 1.807) is 23.9 Å². The van der Waals surface area contributed by atoms with Crippen molar-refractivity contribution in [1.29, 1.82) is 0 Å². The lowest BCUT2D eigenvalue weighted by molar-refractivity contribution is 0.391. The number of hydrogen-bond acceptors (Lipinski definition) is 3. The maximum Gasteiger partial charge on any atom is 0.217 e. The van der Waals surface area contributed by atoms with Gasteiger partial charge >= 0.3 is 0 Å². The average molecular weight is 291 g/mol. The summed E-state index contributed by atoms with van der Waals surface area (Å²) in [5, 5.41) is 7.57. The van der Waals surface area contributed by atoms with E-state index in [9.17, 15) is 4.39 Å². The third-order valence-corrected chi connectivity index (χ3v) is 3.33. The minimum absolute atomic E-state index is 0.0185. The summed E-state index contributed by atoms with van der Waals surface area (Å²) in [5.41, 5.74) is 1.64. The van der Waals surface area contributed by atoms with Crippen molar-refractivity contribution in [2.75, 3.05) is 6.54 Å². The molecule has 0 radical (unpaired) electrons. The van der Waals surface area contributed by atoms with E-state index in [2.05, 4.69) is 17.3 Å². The first-order chi connectivity index (χ1) is 10.0.